The van der Waals surface area contributed by atoms with Crippen LogP contribution in [-0.4, -0.2) is 18.2 Å². The zero-order chi connectivity index (χ0) is 11.1. The Bertz CT molecular complexity index is 308. The van der Waals surface area contributed by atoms with E-state index in [1.807, 2.05) is 0 Å². The summed E-state index contributed by atoms with van der Waals surface area (Å²) in [5.41, 5.74) is 2.46. The first-order chi connectivity index (χ1) is 7.22. The lowest BCUT2D eigenvalue weighted by atomic mass is 10.1. The molecule has 1 amide bonds. The Morgan fingerprint density at radius 2 is 2.00 bits per heavy atom. The van der Waals surface area contributed by atoms with Gasteiger partial charge in [0.25, 0.3) is 0 Å². The fraction of sp³-hybridized carbons (Fsp3) is 0.417. The van der Waals surface area contributed by atoms with Crippen molar-refractivity contribution in [1.29, 1.82) is 0 Å². The fourth-order valence-electron chi connectivity index (χ4n) is 1.30. The van der Waals surface area contributed by atoms with Crippen LogP contribution in [0.4, 0.5) is 0 Å². The van der Waals surface area contributed by atoms with E-state index in [0.717, 1.165) is 6.42 Å². The average molecular weight is 223 g/mol. The molecule has 82 valence electrons. The van der Waals surface area contributed by atoms with Crippen molar-refractivity contribution in [3.05, 3.63) is 35.4 Å². The monoisotopic (exact) mass is 223 g/mol. The Kier molecular flexibility index (Phi) is 5.26. The van der Waals surface area contributed by atoms with Crippen LogP contribution in [-0.2, 0) is 11.2 Å². The molecular weight excluding hydrogens is 206 g/mol. The van der Waals surface area contributed by atoms with Gasteiger partial charge in [0, 0.05) is 18.7 Å². The van der Waals surface area contributed by atoms with Crippen molar-refractivity contribution in [3.63, 3.8) is 0 Å². The fourth-order valence-corrected chi connectivity index (χ4v) is 1.41. The van der Waals surface area contributed by atoms with Gasteiger partial charge in [0.05, 0.1) is 0 Å². The predicted octanol–water partition coefficient (Wildman–Crippen LogP) is 1.97. The van der Waals surface area contributed by atoms with E-state index in [1.165, 1.54) is 11.1 Å². The van der Waals surface area contributed by atoms with Crippen molar-refractivity contribution in [1.82, 2.24) is 5.32 Å². The van der Waals surface area contributed by atoms with E-state index < -0.39 is 0 Å². The second-order valence-electron chi connectivity index (χ2n) is 3.56. The van der Waals surface area contributed by atoms with Crippen LogP contribution in [0.2, 0.25) is 0 Å². The van der Waals surface area contributed by atoms with Crippen molar-refractivity contribution >= 4 is 18.5 Å². The third kappa shape index (κ3) is 4.88. The molecule has 0 radical (unpaired) electrons. The Morgan fingerprint density at radius 1 is 1.33 bits per heavy atom. The molecule has 2 nitrogen and oxygen atoms in total. The minimum atomic E-state index is 0.102. The van der Waals surface area contributed by atoms with E-state index in [4.69, 9.17) is 0 Å². The summed E-state index contributed by atoms with van der Waals surface area (Å²) < 4.78 is 0. The topological polar surface area (TPSA) is 29.1 Å². The summed E-state index contributed by atoms with van der Waals surface area (Å²) in [5, 5.41) is 2.80. The van der Waals surface area contributed by atoms with E-state index in [-0.39, 0.29) is 5.91 Å². The summed E-state index contributed by atoms with van der Waals surface area (Å²) in [6, 6.07) is 8.28. The number of rotatable bonds is 5. The van der Waals surface area contributed by atoms with Crippen LogP contribution in [0, 0.1) is 6.92 Å². The molecule has 0 aliphatic heterocycles. The number of nitrogens with one attached hydrogen (secondary N) is 1. The largest absolute Gasteiger partial charge is 0.355 e. The highest BCUT2D eigenvalue weighted by molar-refractivity contribution is 7.80. The van der Waals surface area contributed by atoms with Crippen LogP contribution >= 0.6 is 12.6 Å². The van der Waals surface area contributed by atoms with Crippen LogP contribution in [0.3, 0.4) is 0 Å². The van der Waals surface area contributed by atoms with Gasteiger partial charge in [0.1, 0.15) is 0 Å². The Morgan fingerprint density at radius 3 is 2.60 bits per heavy atom. The number of carbonyl (C=O) groups is 1. The number of carbonyl (C=O) groups excluding carboxylic acids is 1. The number of aryl methyl sites for hydroxylation is 2. The predicted molar refractivity (Wildman–Crippen MR) is 66.4 cm³/mol. The quantitative estimate of drug-likeness (QED) is 0.734. The first kappa shape index (κ1) is 12.1. The number of hydrogen-bond acceptors (Lipinski definition) is 2. The van der Waals surface area contributed by atoms with Gasteiger partial charge in [0.15, 0.2) is 0 Å². The number of hydrogen-bond donors (Lipinski definition) is 2. The third-order valence-corrected chi connectivity index (χ3v) is 2.42. The summed E-state index contributed by atoms with van der Waals surface area (Å²) in [5.74, 6) is 0.792. The molecule has 0 saturated carbocycles. The van der Waals surface area contributed by atoms with Gasteiger partial charge in [0.2, 0.25) is 5.91 Å². The van der Waals surface area contributed by atoms with Crippen LogP contribution in [0.5, 0.6) is 0 Å². The maximum atomic E-state index is 11.3. The molecule has 0 atom stereocenters. The summed E-state index contributed by atoms with van der Waals surface area (Å²) in [6.07, 6.45) is 1.36. The summed E-state index contributed by atoms with van der Waals surface area (Å²) in [6.45, 7) is 2.71. The smallest absolute Gasteiger partial charge is 0.220 e. The van der Waals surface area contributed by atoms with Crippen LogP contribution in [0.1, 0.15) is 17.5 Å². The highest BCUT2D eigenvalue weighted by Gasteiger charge is 2.00. The Hall–Kier alpha value is -0.960. The van der Waals surface area contributed by atoms with Gasteiger partial charge in [-0.25, -0.2) is 0 Å². The van der Waals surface area contributed by atoms with Crippen LogP contribution in [0.15, 0.2) is 24.3 Å². The standard InChI is InChI=1S/C12H17NOS/c1-10-2-4-11(5-3-10)6-7-12(14)13-8-9-15/h2-5,15H,6-9H2,1H3,(H,13,14). The molecule has 1 N–H and O–H groups in total. The molecule has 0 aliphatic carbocycles. The minimum Gasteiger partial charge on any atom is -0.355 e. The van der Waals surface area contributed by atoms with Gasteiger partial charge in [-0.15, -0.1) is 0 Å². The van der Waals surface area contributed by atoms with E-state index >= 15 is 0 Å². The highest BCUT2D eigenvalue weighted by Crippen LogP contribution is 2.05. The molecule has 1 aromatic carbocycles. The maximum absolute atomic E-state index is 11.3. The molecule has 0 aromatic heterocycles. The van der Waals surface area contributed by atoms with Crippen molar-refractivity contribution < 1.29 is 4.79 Å². The van der Waals surface area contributed by atoms with E-state index in [2.05, 4.69) is 49.1 Å². The molecule has 1 rings (SSSR count). The average Bonchev–Trinajstić information content (AvgIpc) is 2.25. The second-order valence-corrected chi connectivity index (χ2v) is 4.01. The van der Waals surface area contributed by atoms with E-state index in [9.17, 15) is 4.79 Å². The molecule has 3 heteroatoms. The van der Waals surface area contributed by atoms with Crippen molar-refractivity contribution in [3.8, 4) is 0 Å². The molecule has 0 bridgehead atoms. The Balaban J connectivity index is 2.30. The third-order valence-electron chi connectivity index (χ3n) is 2.20. The second kappa shape index (κ2) is 6.51. The first-order valence-electron chi connectivity index (χ1n) is 5.15. The molecule has 15 heavy (non-hydrogen) atoms. The number of thiol groups is 1. The zero-order valence-electron chi connectivity index (χ0n) is 8.99. The van der Waals surface area contributed by atoms with Gasteiger partial charge in [-0.1, -0.05) is 29.8 Å². The summed E-state index contributed by atoms with van der Waals surface area (Å²) >= 11 is 4.03. The molecule has 0 unspecified atom stereocenters. The number of benzene rings is 1. The lowest BCUT2D eigenvalue weighted by Gasteiger charge is -2.03. The SMILES string of the molecule is Cc1ccc(CCC(=O)NCCS)cc1. The minimum absolute atomic E-state index is 0.102. The lowest BCUT2D eigenvalue weighted by molar-refractivity contribution is -0.120. The van der Waals surface area contributed by atoms with Gasteiger partial charge in [-0.05, 0) is 18.9 Å². The lowest BCUT2D eigenvalue weighted by Crippen LogP contribution is -2.25. The van der Waals surface area contributed by atoms with Crippen molar-refractivity contribution in [2.75, 3.05) is 12.3 Å². The maximum Gasteiger partial charge on any atom is 0.220 e. The molecule has 0 fully saturated rings. The van der Waals surface area contributed by atoms with Crippen LogP contribution < -0.4 is 5.32 Å². The first-order valence-corrected chi connectivity index (χ1v) is 5.78. The normalized spacial score (nSPS) is 10.0. The molecule has 0 aliphatic rings. The van der Waals surface area contributed by atoms with Gasteiger partial charge >= 0.3 is 0 Å². The van der Waals surface area contributed by atoms with Gasteiger partial charge in [-0.2, -0.15) is 12.6 Å². The molecular formula is C12H17NOS. The molecule has 0 saturated heterocycles. The van der Waals surface area contributed by atoms with Gasteiger partial charge < -0.3 is 5.32 Å². The Labute approximate surface area is 96.5 Å². The number of amides is 1. The van der Waals surface area contributed by atoms with E-state index in [1.54, 1.807) is 0 Å². The van der Waals surface area contributed by atoms with Crippen molar-refractivity contribution in [2.24, 2.45) is 0 Å². The zero-order valence-corrected chi connectivity index (χ0v) is 9.89. The summed E-state index contributed by atoms with van der Waals surface area (Å²) in [4.78, 5) is 11.3. The van der Waals surface area contributed by atoms with Crippen LogP contribution in [0.25, 0.3) is 0 Å². The van der Waals surface area contributed by atoms with Crippen molar-refractivity contribution in [2.45, 2.75) is 19.8 Å². The van der Waals surface area contributed by atoms with E-state index in [0.29, 0.717) is 18.7 Å². The highest BCUT2D eigenvalue weighted by atomic mass is 32.1. The molecule has 1 aromatic rings. The summed E-state index contributed by atoms with van der Waals surface area (Å²) in [7, 11) is 0. The van der Waals surface area contributed by atoms with Gasteiger partial charge in [-0.3, -0.25) is 4.79 Å². The molecule has 0 heterocycles. The molecule has 0 spiro atoms.